The Bertz CT molecular complexity index is 1530. The van der Waals surface area contributed by atoms with Crippen molar-refractivity contribution in [3.8, 4) is 22.1 Å². The van der Waals surface area contributed by atoms with Crippen LogP contribution in [0.2, 0.25) is 0 Å². The first-order chi connectivity index (χ1) is 22.1. The molecule has 246 valence electrons. The molecule has 4 aromatic rings. The molecule has 1 aliphatic rings. The molecule has 1 aliphatic heterocycles. The van der Waals surface area contributed by atoms with E-state index >= 15 is 0 Å². The SMILES string of the molecule is CCCCNCc1ccc(-c2nc(CN(CCCn3ccnc3)C(=O)C3COc4ccccc4O3)cs2)cc1.O=C(O)C(F)(F)F. The summed E-state index contributed by atoms with van der Waals surface area (Å²) in [6, 6.07) is 16.0. The van der Waals surface area contributed by atoms with E-state index in [1.165, 1.54) is 18.4 Å². The van der Waals surface area contributed by atoms with E-state index in [4.69, 9.17) is 24.4 Å². The van der Waals surface area contributed by atoms with E-state index in [2.05, 4.69) is 41.5 Å². The topological polar surface area (TPSA) is 119 Å². The molecule has 0 bridgehead atoms. The van der Waals surface area contributed by atoms with Crippen molar-refractivity contribution in [2.24, 2.45) is 0 Å². The maximum absolute atomic E-state index is 13.6. The number of hydrogen-bond acceptors (Lipinski definition) is 8. The summed E-state index contributed by atoms with van der Waals surface area (Å²) in [6.45, 7) is 6.07. The number of aryl methyl sites for hydroxylation is 1. The van der Waals surface area contributed by atoms with Crippen molar-refractivity contribution < 1.29 is 37.3 Å². The predicted octanol–water partition coefficient (Wildman–Crippen LogP) is 5.79. The molecule has 0 fully saturated rings. The molecule has 2 aromatic carbocycles. The number of aliphatic carboxylic acids is 1. The van der Waals surface area contributed by atoms with Crippen LogP contribution in [0.15, 0.2) is 72.6 Å². The minimum atomic E-state index is -5.08. The molecule has 14 heteroatoms. The van der Waals surface area contributed by atoms with E-state index in [1.807, 2.05) is 45.3 Å². The maximum Gasteiger partial charge on any atom is 0.490 e. The lowest BCUT2D eigenvalue weighted by Crippen LogP contribution is -2.46. The first-order valence-corrected chi connectivity index (χ1v) is 15.7. The van der Waals surface area contributed by atoms with Crippen LogP contribution in [0.25, 0.3) is 10.6 Å². The number of imidazole rings is 1. The standard InChI is InChI=1S/C30H35N5O3S.C2HF3O2/c1-2-3-13-31-18-23-9-11-24(12-10-23)29-33-25(21-39-29)19-35(16-6-15-34-17-14-32-22-34)30(36)28-20-37-26-7-4-5-8-27(26)38-28;3-2(4,5)1(6)7/h4-5,7-12,14,17,21-22,28,31H,2-3,6,13,15-16,18-20H2,1H3;(H,6,7). The number of alkyl halides is 3. The zero-order valence-electron chi connectivity index (χ0n) is 25.3. The third kappa shape index (κ3) is 10.3. The molecule has 1 amide bonds. The van der Waals surface area contributed by atoms with Crippen molar-refractivity contribution in [1.29, 1.82) is 0 Å². The Morgan fingerprint density at radius 1 is 1.13 bits per heavy atom. The van der Waals surface area contributed by atoms with E-state index in [1.54, 1.807) is 23.9 Å². The maximum atomic E-state index is 13.6. The van der Waals surface area contributed by atoms with Crippen molar-refractivity contribution in [3.05, 3.63) is 83.9 Å². The summed E-state index contributed by atoms with van der Waals surface area (Å²) in [4.78, 5) is 33.3. The fourth-order valence-electron chi connectivity index (χ4n) is 4.48. The van der Waals surface area contributed by atoms with Crippen LogP contribution >= 0.6 is 11.3 Å². The number of fused-ring (bicyclic) bond motifs is 1. The number of halogens is 3. The van der Waals surface area contributed by atoms with Gasteiger partial charge in [0.2, 0.25) is 6.10 Å². The van der Waals surface area contributed by atoms with Crippen LogP contribution in [0, 0.1) is 0 Å². The van der Waals surface area contributed by atoms with Crippen LogP contribution < -0.4 is 14.8 Å². The van der Waals surface area contributed by atoms with E-state index in [0.29, 0.717) is 24.6 Å². The zero-order chi connectivity index (χ0) is 32.9. The largest absolute Gasteiger partial charge is 0.490 e. The predicted molar refractivity (Wildman–Crippen MR) is 166 cm³/mol. The van der Waals surface area contributed by atoms with Crippen molar-refractivity contribution in [3.63, 3.8) is 0 Å². The molecule has 0 spiro atoms. The summed E-state index contributed by atoms with van der Waals surface area (Å²) < 4.78 is 45.6. The first kappa shape index (κ1) is 34.4. The molecule has 0 radical (unpaired) electrons. The number of nitrogens with zero attached hydrogens (tertiary/aromatic N) is 4. The molecule has 10 nitrogen and oxygen atoms in total. The van der Waals surface area contributed by atoms with Crippen molar-refractivity contribution in [2.75, 3.05) is 19.7 Å². The normalized spacial score (nSPS) is 13.9. The Kier molecular flexibility index (Phi) is 12.5. The average Bonchev–Trinajstić information content (AvgIpc) is 3.75. The number of thiazole rings is 1. The van der Waals surface area contributed by atoms with Crippen molar-refractivity contribution in [2.45, 2.75) is 58.1 Å². The lowest BCUT2D eigenvalue weighted by Gasteiger charge is -2.30. The number of carboxylic acid groups (broad SMARTS) is 1. The molecule has 0 aliphatic carbocycles. The molecule has 0 saturated carbocycles. The van der Waals surface area contributed by atoms with Crippen LogP contribution in [-0.2, 0) is 29.2 Å². The van der Waals surface area contributed by atoms with Crippen molar-refractivity contribution >= 4 is 23.2 Å². The van der Waals surface area contributed by atoms with Gasteiger partial charge in [-0.2, -0.15) is 13.2 Å². The van der Waals surface area contributed by atoms with Gasteiger partial charge in [-0.25, -0.2) is 14.8 Å². The summed E-state index contributed by atoms with van der Waals surface area (Å²) in [5.74, 6) is -1.59. The first-order valence-electron chi connectivity index (χ1n) is 14.8. The number of hydrogen-bond donors (Lipinski definition) is 2. The second-order valence-electron chi connectivity index (χ2n) is 10.5. The number of benzene rings is 2. The Morgan fingerprint density at radius 2 is 1.87 bits per heavy atom. The number of nitrogens with one attached hydrogen (secondary N) is 1. The Labute approximate surface area is 268 Å². The molecule has 46 heavy (non-hydrogen) atoms. The number of carboxylic acids is 1. The van der Waals surface area contributed by atoms with E-state index in [0.717, 1.165) is 42.3 Å². The molecule has 3 heterocycles. The molecule has 1 atom stereocenters. The fraction of sp³-hybridized carbons (Fsp3) is 0.375. The monoisotopic (exact) mass is 659 g/mol. The second kappa shape index (κ2) is 16.8. The highest BCUT2D eigenvalue weighted by molar-refractivity contribution is 7.13. The number of aromatic nitrogens is 3. The van der Waals surface area contributed by atoms with Gasteiger partial charge < -0.3 is 29.4 Å². The summed E-state index contributed by atoms with van der Waals surface area (Å²) in [6.07, 6.45) is 2.89. The van der Waals surface area contributed by atoms with Gasteiger partial charge in [-0.15, -0.1) is 11.3 Å². The molecule has 5 rings (SSSR count). The number of para-hydroxylation sites is 2. The number of amides is 1. The van der Waals surface area contributed by atoms with E-state index < -0.39 is 18.2 Å². The van der Waals surface area contributed by atoms with Crippen LogP contribution in [0.5, 0.6) is 11.5 Å². The third-order valence-electron chi connectivity index (χ3n) is 6.88. The molecule has 1 unspecified atom stereocenters. The minimum absolute atomic E-state index is 0.0930. The van der Waals surface area contributed by atoms with Crippen LogP contribution in [0.4, 0.5) is 13.2 Å². The highest BCUT2D eigenvalue weighted by atomic mass is 32.1. The Balaban J connectivity index is 0.000000617. The van der Waals surface area contributed by atoms with Gasteiger partial charge in [0, 0.05) is 43.0 Å². The van der Waals surface area contributed by atoms with Gasteiger partial charge in [0.15, 0.2) is 11.5 Å². The van der Waals surface area contributed by atoms with Gasteiger partial charge in [-0.05, 0) is 37.1 Å². The van der Waals surface area contributed by atoms with Crippen LogP contribution in [0.3, 0.4) is 0 Å². The zero-order valence-corrected chi connectivity index (χ0v) is 26.1. The minimum Gasteiger partial charge on any atom is -0.485 e. The summed E-state index contributed by atoms with van der Waals surface area (Å²) in [5, 5.41) is 13.6. The van der Waals surface area contributed by atoms with E-state index in [9.17, 15) is 18.0 Å². The number of rotatable bonds is 13. The molecule has 2 aromatic heterocycles. The summed E-state index contributed by atoms with van der Waals surface area (Å²) in [7, 11) is 0. The van der Waals surface area contributed by atoms with Crippen molar-refractivity contribution in [1.82, 2.24) is 24.8 Å². The second-order valence-corrected chi connectivity index (χ2v) is 11.3. The van der Waals surface area contributed by atoms with E-state index in [-0.39, 0.29) is 12.5 Å². The van der Waals surface area contributed by atoms with Gasteiger partial charge in [0.25, 0.3) is 5.91 Å². The molecule has 2 N–H and O–H groups in total. The highest BCUT2D eigenvalue weighted by Crippen LogP contribution is 2.32. The third-order valence-corrected chi connectivity index (χ3v) is 7.82. The lowest BCUT2D eigenvalue weighted by atomic mass is 10.1. The molecule has 0 saturated heterocycles. The highest BCUT2D eigenvalue weighted by Gasteiger charge is 2.38. The van der Waals surface area contributed by atoms with Gasteiger partial charge in [-0.1, -0.05) is 49.7 Å². The summed E-state index contributed by atoms with van der Waals surface area (Å²) >= 11 is 1.60. The summed E-state index contributed by atoms with van der Waals surface area (Å²) in [5.41, 5.74) is 3.22. The number of carbonyl (C=O) groups is 2. The quantitative estimate of drug-likeness (QED) is 0.173. The van der Waals surface area contributed by atoms with Gasteiger partial charge in [-0.3, -0.25) is 4.79 Å². The van der Waals surface area contributed by atoms with Gasteiger partial charge in [0.05, 0.1) is 18.6 Å². The smallest absolute Gasteiger partial charge is 0.485 e. The van der Waals surface area contributed by atoms with Gasteiger partial charge in [0.1, 0.15) is 11.6 Å². The Hall–Kier alpha value is -4.43. The number of ether oxygens (including phenoxy) is 2. The lowest BCUT2D eigenvalue weighted by molar-refractivity contribution is -0.192. The number of unbranched alkanes of at least 4 members (excludes halogenated alkanes) is 1. The molecular weight excluding hydrogens is 623 g/mol. The van der Waals surface area contributed by atoms with Crippen LogP contribution in [0.1, 0.15) is 37.4 Å². The van der Waals surface area contributed by atoms with Gasteiger partial charge >= 0.3 is 12.1 Å². The molecular formula is C32H36F3N5O5S. The average molecular weight is 660 g/mol. The Morgan fingerprint density at radius 3 is 2.54 bits per heavy atom. The fourth-order valence-corrected chi connectivity index (χ4v) is 5.30. The van der Waals surface area contributed by atoms with Crippen LogP contribution in [-0.4, -0.2) is 68.4 Å². The number of carbonyl (C=O) groups excluding carboxylic acids is 1.